The lowest BCUT2D eigenvalue weighted by molar-refractivity contribution is 0.0415. The van der Waals surface area contributed by atoms with Gasteiger partial charge >= 0.3 is 5.76 Å². The second-order valence-corrected chi connectivity index (χ2v) is 10.5. The van der Waals surface area contributed by atoms with Crippen molar-refractivity contribution in [2.45, 2.75) is 71.9 Å². The third-order valence-electron chi connectivity index (χ3n) is 7.17. The van der Waals surface area contributed by atoms with Gasteiger partial charge in [0.1, 0.15) is 17.6 Å². The van der Waals surface area contributed by atoms with Crippen LogP contribution in [0.2, 0.25) is 5.02 Å². The molecule has 0 amide bonds. The van der Waals surface area contributed by atoms with Crippen molar-refractivity contribution in [3.63, 3.8) is 0 Å². The molecule has 10 heteroatoms. The zero-order valence-corrected chi connectivity index (χ0v) is 22.3. The summed E-state index contributed by atoms with van der Waals surface area (Å²) in [4.78, 5) is 28.6. The second-order valence-electron chi connectivity index (χ2n) is 10.0. The van der Waals surface area contributed by atoms with Crippen molar-refractivity contribution in [2.24, 2.45) is 11.8 Å². The Bertz CT molecular complexity index is 1420. The summed E-state index contributed by atoms with van der Waals surface area (Å²) in [5.74, 6) is 1.82. The Morgan fingerprint density at radius 1 is 1.19 bits per heavy atom. The number of H-pyrrole nitrogens is 1. The summed E-state index contributed by atoms with van der Waals surface area (Å²) < 4.78 is 13.3. The van der Waals surface area contributed by atoms with Crippen molar-refractivity contribution in [2.75, 3.05) is 6.61 Å². The minimum absolute atomic E-state index is 0.143. The van der Waals surface area contributed by atoms with Gasteiger partial charge in [0, 0.05) is 31.1 Å². The monoisotopic (exact) mass is 524 g/mol. The van der Waals surface area contributed by atoms with Gasteiger partial charge in [0.2, 0.25) is 5.82 Å². The van der Waals surface area contributed by atoms with E-state index in [1.807, 2.05) is 12.1 Å². The summed E-state index contributed by atoms with van der Waals surface area (Å²) in [5.41, 5.74) is 3.56. The zero-order chi connectivity index (χ0) is 25.9. The van der Waals surface area contributed by atoms with Crippen LogP contribution in [-0.4, -0.2) is 36.3 Å². The molecule has 1 saturated carbocycles. The third-order valence-corrected chi connectivity index (χ3v) is 7.38. The maximum Gasteiger partial charge on any atom is 0.439 e. The van der Waals surface area contributed by atoms with Crippen LogP contribution >= 0.6 is 11.6 Å². The predicted octanol–water partition coefficient (Wildman–Crippen LogP) is 6.19. The molecule has 37 heavy (non-hydrogen) atoms. The summed E-state index contributed by atoms with van der Waals surface area (Å²) >= 11 is 6.34. The highest BCUT2D eigenvalue weighted by Crippen LogP contribution is 2.37. The summed E-state index contributed by atoms with van der Waals surface area (Å²) in [5, 5.41) is 4.37. The molecular weight excluding hydrogens is 492 g/mol. The Balaban J connectivity index is 1.73. The van der Waals surface area contributed by atoms with Crippen LogP contribution in [0.5, 0.6) is 0 Å². The summed E-state index contributed by atoms with van der Waals surface area (Å²) in [6.07, 6.45) is 9.78. The van der Waals surface area contributed by atoms with E-state index >= 15 is 0 Å². The van der Waals surface area contributed by atoms with Crippen molar-refractivity contribution in [1.29, 1.82) is 0 Å². The molecule has 1 aliphatic carbocycles. The Morgan fingerprint density at radius 2 is 2.00 bits per heavy atom. The van der Waals surface area contributed by atoms with Gasteiger partial charge in [-0.2, -0.15) is 0 Å². The van der Waals surface area contributed by atoms with Gasteiger partial charge in [0.25, 0.3) is 0 Å². The largest absolute Gasteiger partial charge is 0.439 e. The molecule has 1 unspecified atom stereocenters. The highest BCUT2D eigenvalue weighted by molar-refractivity contribution is 6.30. The Hall–Kier alpha value is -3.04. The first kappa shape index (κ1) is 25.6. The lowest BCUT2D eigenvalue weighted by Crippen LogP contribution is -2.21. The molecule has 4 aromatic rings. The number of aromatic nitrogens is 6. The number of aromatic amines is 1. The Kier molecular flexibility index (Phi) is 7.71. The summed E-state index contributed by atoms with van der Waals surface area (Å²) in [7, 11) is 0. The average molecular weight is 525 g/mol. The predicted molar refractivity (Wildman–Crippen MR) is 142 cm³/mol. The number of hydrogen-bond donors (Lipinski definition) is 1. The standard InChI is InChI=1S/C27H33ClN6O3/c1-4-10-36-22(5-2)26-31-20-12-21(25-32-27(35)37-33-25)30-23(18-11-19(28)14-29-13-18)24(20)34(26)15-17-8-6-16(3)7-9-17/h11-14,16-17,22H,4-10,15H2,1-3H3,(H,32,33,35). The highest BCUT2D eigenvalue weighted by Gasteiger charge is 2.27. The number of fused-ring (bicyclic) bond motifs is 1. The lowest BCUT2D eigenvalue weighted by Gasteiger charge is -2.28. The number of ether oxygens (including phenoxy) is 1. The van der Waals surface area contributed by atoms with E-state index < -0.39 is 5.76 Å². The average Bonchev–Trinajstić information content (AvgIpc) is 3.49. The number of imidazole rings is 1. The summed E-state index contributed by atoms with van der Waals surface area (Å²) in [6.45, 7) is 8.07. The van der Waals surface area contributed by atoms with E-state index in [-0.39, 0.29) is 11.9 Å². The first-order chi connectivity index (χ1) is 18.0. The van der Waals surface area contributed by atoms with Crippen molar-refractivity contribution >= 4 is 22.6 Å². The van der Waals surface area contributed by atoms with E-state index in [0.29, 0.717) is 28.9 Å². The first-order valence-corrected chi connectivity index (χ1v) is 13.5. The molecule has 5 rings (SSSR count). The van der Waals surface area contributed by atoms with Gasteiger partial charge in [-0.15, -0.1) is 0 Å². The van der Waals surface area contributed by atoms with Gasteiger partial charge in [-0.25, -0.2) is 14.8 Å². The molecule has 9 nitrogen and oxygen atoms in total. The van der Waals surface area contributed by atoms with E-state index in [1.165, 1.54) is 25.7 Å². The number of halogens is 1. The minimum Gasteiger partial charge on any atom is -0.370 e. The molecule has 0 spiro atoms. The molecule has 4 heterocycles. The van der Waals surface area contributed by atoms with Gasteiger partial charge in [0.05, 0.1) is 21.7 Å². The van der Waals surface area contributed by atoms with E-state index in [1.54, 1.807) is 12.4 Å². The first-order valence-electron chi connectivity index (χ1n) is 13.2. The normalized spacial score (nSPS) is 18.9. The van der Waals surface area contributed by atoms with Crippen molar-refractivity contribution < 1.29 is 9.26 Å². The number of nitrogens with one attached hydrogen (secondary N) is 1. The molecule has 1 fully saturated rings. The maximum absolute atomic E-state index is 11.7. The fourth-order valence-electron chi connectivity index (χ4n) is 5.21. The SMILES string of the molecule is CCCOC(CC)c1nc2cc(-c3noc(=O)[nH]3)nc(-c3cncc(Cl)c3)c2n1CC1CCC(C)CC1. The number of hydrogen-bond acceptors (Lipinski definition) is 7. The van der Waals surface area contributed by atoms with Gasteiger partial charge < -0.3 is 9.30 Å². The lowest BCUT2D eigenvalue weighted by atomic mass is 9.83. The van der Waals surface area contributed by atoms with E-state index in [2.05, 4.69) is 40.5 Å². The number of rotatable bonds is 9. The molecule has 1 atom stereocenters. The van der Waals surface area contributed by atoms with Crippen LogP contribution in [0.25, 0.3) is 33.8 Å². The van der Waals surface area contributed by atoms with Crippen LogP contribution in [0, 0.1) is 11.8 Å². The fourth-order valence-corrected chi connectivity index (χ4v) is 5.39. The molecule has 4 aromatic heterocycles. The quantitative estimate of drug-likeness (QED) is 0.277. The van der Waals surface area contributed by atoms with Crippen LogP contribution in [-0.2, 0) is 11.3 Å². The van der Waals surface area contributed by atoms with Gasteiger partial charge in [-0.05, 0) is 49.7 Å². The third kappa shape index (κ3) is 5.48. The van der Waals surface area contributed by atoms with Crippen LogP contribution in [0.1, 0.15) is 71.2 Å². The van der Waals surface area contributed by atoms with E-state index in [9.17, 15) is 4.79 Å². The molecule has 0 aromatic carbocycles. The van der Waals surface area contributed by atoms with Crippen molar-refractivity contribution in [1.82, 2.24) is 29.7 Å². The van der Waals surface area contributed by atoms with Crippen LogP contribution < -0.4 is 5.76 Å². The van der Waals surface area contributed by atoms with Crippen molar-refractivity contribution in [3.8, 4) is 22.8 Å². The van der Waals surface area contributed by atoms with Gasteiger partial charge in [-0.1, -0.05) is 50.4 Å². The number of nitrogens with zero attached hydrogens (tertiary/aromatic N) is 5. The van der Waals surface area contributed by atoms with E-state index in [0.717, 1.165) is 47.7 Å². The van der Waals surface area contributed by atoms with Gasteiger partial charge in [0.15, 0.2) is 0 Å². The van der Waals surface area contributed by atoms with Crippen LogP contribution in [0.15, 0.2) is 33.8 Å². The van der Waals surface area contributed by atoms with Gasteiger partial charge in [-0.3, -0.25) is 14.5 Å². The molecule has 0 bridgehead atoms. The molecule has 1 N–H and O–H groups in total. The molecule has 0 aliphatic heterocycles. The fraction of sp³-hybridized carbons (Fsp3) is 0.519. The topological polar surface area (TPSA) is 112 Å². The van der Waals surface area contributed by atoms with Crippen molar-refractivity contribution in [3.05, 3.63) is 45.9 Å². The van der Waals surface area contributed by atoms with Crippen LogP contribution in [0.4, 0.5) is 0 Å². The Morgan fingerprint density at radius 3 is 2.68 bits per heavy atom. The highest BCUT2D eigenvalue weighted by atomic mass is 35.5. The molecular formula is C27H33ClN6O3. The number of pyridine rings is 2. The molecule has 196 valence electrons. The van der Waals surface area contributed by atoms with Crippen LogP contribution in [0.3, 0.4) is 0 Å². The van der Waals surface area contributed by atoms with E-state index in [4.69, 9.17) is 30.8 Å². The summed E-state index contributed by atoms with van der Waals surface area (Å²) in [6, 6.07) is 3.69. The molecule has 1 aliphatic rings. The zero-order valence-electron chi connectivity index (χ0n) is 21.5. The maximum atomic E-state index is 11.7. The minimum atomic E-state index is -0.639. The smallest absolute Gasteiger partial charge is 0.370 e. The Labute approximate surface area is 220 Å². The second kappa shape index (κ2) is 11.1. The molecule has 0 saturated heterocycles. The molecule has 0 radical (unpaired) electrons.